The zero-order chi connectivity index (χ0) is 19.9. The number of rotatable bonds is 8. The number of ether oxygens (including phenoxy) is 1. The Bertz CT molecular complexity index is 576. The minimum Gasteiger partial charge on any atom is -0.377 e. The average molecular weight is 393 g/mol. The van der Waals surface area contributed by atoms with Gasteiger partial charge in [0.25, 0.3) is 0 Å². The molecule has 0 unspecified atom stereocenters. The van der Waals surface area contributed by atoms with E-state index in [0.29, 0.717) is 12.5 Å². The lowest BCUT2D eigenvalue weighted by molar-refractivity contribution is 0.128. The van der Waals surface area contributed by atoms with Crippen molar-refractivity contribution in [3.63, 3.8) is 0 Å². The fourth-order valence-electron chi connectivity index (χ4n) is 5.57. The molecular weight excluding hydrogens is 354 g/mol. The van der Waals surface area contributed by atoms with E-state index in [0.717, 1.165) is 36.2 Å². The summed E-state index contributed by atoms with van der Waals surface area (Å²) in [6.45, 7) is 4.60. The van der Waals surface area contributed by atoms with Gasteiger partial charge in [-0.3, -0.25) is 0 Å². The van der Waals surface area contributed by atoms with Crippen molar-refractivity contribution in [2.45, 2.75) is 97.0 Å². The van der Waals surface area contributed by atoms with Gasteiger partial charge in [0.1, 0.15) is 11.6 Å². The number of benzene rings is 1. The van der Waals surface area contributed by atoms with Crippen LogP contribution >= 0.6 is 0 Å². The third-order valence-corrected chi connectivity index (χ3v) is 7.38. The van der Waals surface area contributed by atoms with E-state index in [1.807, 2.05) is 6.92 Å². The summed E-state index contributed by atoms with van der Waals surface area (Å²) in [6, 6.07) is 3.11. The summed E-state index contributed by atoms with van der Waals surface area (Å²) < 4.78 is 33.9. The number of hydrogen-bond acceptors (Lipinski definition) is 1. The van der Waals surface area contributed by atoms with Crippen molar-refractivity contribution >= 4 is 0 Å². The maximum Gasteiger partial charge on any atom is 0.131 e. The summed E-state index contributed by atoms with van der Waals surface area (Å²) in [7, 11) is 0. The van der Waals surface area contributed by atoms with Gasteiger partial charge in [-0.25, -0.2) is 8.78 Å². The third kappa shape index (κ3) is 5.55. The number of unbranched alkanes of at least 4 members (excludes halogenated alkanes) is 1. The van der Waals surface area contributed by atoms with Crippen molar-refractivity contribution in [3.8, 4) is 0 Å². The molecule has 2 fully saturated rings. The number of hydrogen-bond donors (Lipinski definition) is 0. The van der Waals surface area contributed by atoms with Gasteiger partial charge in [0.15, 0.2) is 0 Å². The van der Waals surface area contributed by atoms with Crippen LogP contribution in [0.3, 0.4) is 0 Å². The predicted molar refractivity (Wildman–Crippen MR) is 111 cm³/mol. The first kappa shape index (κ1) is 21.7. The van der Waals surface area contributed by atoms with E-state index < -0.39 is 11.6 Å². The predicted octanol–water partition coefficient (Wildman–Crippen LogP) is 7.77. The van der Waals surface area contributed by atoms with Crippen LogP contribution in [0.15, 0.2) is 12.1 Å². The van der Waals surface area contributed by atoms with Crippen LogP contribution in [-0.2, 0) is 11.3 Å². The van der Waals surface area contributed by atoms with Gasteiger partial charge in [-0.05, 0) is 86.8 Å². The fourth-order valence-corrected chi connectivity index (χ4v) is 5.57. The van der Waals surface area contributed by atoms with Crippen molar-refractivity contribution in [1.29, 1.82) is 0 Å². The van der Waals surface area contributed by atoms with E-state index in [-0.39, 0.29) is 12.2 Å². The molecule has 2 saturated carbocycles. The Kier molecular flexibility index (Phi) is 8.32. The fraction of sp³-hybridized carbons (Fsp3) is 0.760. The topological polar surface area (TPSA) is 9.23 Å². The molecule has 0 radical (unpaired) electrons. The Morgan fingerprint density at radius 3 is 1.96 bits per heavy atom. The molecule has 1 nitrogen and oxygen atoms in total. The van der Waals surface area contributed by atoms with Crippen LogP contribution in [0.25, 0.3) is 0 Å². The zero-order valence-electron chi connectivity index (χ0n) is 17.8. The summed E-state index contributed by atoms with van der Waals surface area (Å²) in [5.41, 5.74) is 0.913. The van der Waals surface area contributed by atoms with Crippen molar-refractivity contribution in [1.82, 2.24) is 0 Å². The normalized spacial score (nSPS) is 28.4. The van der Waals surface area contributed by atoms with Crippen LogP contribution in [0.4, 0.5) is 8.78 Å². The Labute approximate surface area is 170 Å². The van der Waals surface area contributed by atoms with Crippen LogP contribution in [0.2, 0.25) is 0 Å². The van der Waals surface area contributed by atoms with Crippen molar-refractivity contribution in [2.75, 3.05) is 6.61 Å². The summed E-state index contributed by atoms with van der Waals surface area (Å²) in [5.74, 6) is 2.10. The molecule has 0 heterocycles. The van der Waals surface area contributed by atoms with Gasteiger partial charge in [-0.15, -0.1) is 0 Å². The van der Waals surface area contributed by atoms with E-state index in [2.05, 4.69) is 6.92 Å². The molecule has 0 bridgehead atoms. The molecule has 28 heavy (non-hydrogen) atoms. The smallest absolute Gasteiger partial charge is 0.131 e. The highest BCUT2D eigenvalue weighted by Crippen LogP contribution is 2.44. The van der Waals surface area contributed by atoms with Crippen LogP contribution < -0.4 is 0 Å². The lowest BCUT2D eigenvalue weighted by atomic mass is 9.68. The SMILES string of the molecule is CCCCC1CCC(C2CCC(c3cc(F)c(COCC)c(F)c3)CC2)CC1. The molecular formula is C25H38F2O. The second kappa shape index (κ2) is 10.7. The van der Waals surface area contributed by atoms with E-state index in [9.17, 15) is 8.78 Å². The first-order valence-corrected chi connectivity index (χ1v) is 11.7. The highest BCUT2D eigenvalue weighted by Gasteiger charge is 2.31. The van der Waals surface area contributed by atoms with E-state index in [4.69, 9.17) is 4.74 Å². The highest BCUT2D eigenvalue weighted by molar-refractivity contribution is 5.28. The zero-order valence-corrected chi connectivity index (χ0v) is 17.8. The van der Waals surface area contributed by atoms with Gasteiger partial charge >= 0.3 is 0 Å². The molecule has 158 valence electrons. The number of halogens is 2. The molecule has 3 rings (SSSR count). The van der Waals surface area contributed by atoms with Gasteiger partial charge < -0.3 is 4.74 Å². The molecule has 2 aliphatic rings. The molecule has 2 aliphatic carbocycles. The molecule has 0 N–H and O–H groups in total. The molecule has 0 amide bonds. The van der Waals surface area contributed by atoms with Crippen LogP contribution in [0.1, 0.15) is 102 Å². The van der Waals surface area contributed by atoms with Gasteiger partial charge in [0.05, 0.1) is 6.61 Å². The lowest BCUT2D eigenvalue weighted by Gasteiger charge is -2.38. The Morgan fingerprint density at radius 2 is 1.43 bits per heavy atom. The molecule has 0 saturated heterocycles. The monoisotopic (exact) mass is 392 g/mol. The van der Waals surface area contributed by atoms with Gasteiger partial charge in [0.2, 0.25) is 0 Å². The third-order valence-electron chi connectivity index (χ3n) is 7.38. The molecule has 3 heteroatoms. The average Bonchev–Trinajstić information content (AvgIpc) is 2.72. The highest BCUT2D eigenvalue weighted by atomic mass is 19.1. The van der Waals surface area contributed by atoms with E-state index >= 15 is 0 Å². The Morgan fingerprint density at radius 1 is 0.857 bits per heavy atom. The molecule has 0 spiro atoms. The maximum atomic E-state index is 14.4. The molecule has 1 aromatic rings. The summed E-state index contributed by atoms with van der Waals surface area (Å²) in [5, 5.41) is 0. The second-order valence-corrected chi connectivity index (χ2v) is 9.13. The largest absolute Gasteiger partial charge is 0.377 e. The van der Waals surface area contributed by atoms with Crippen molar-refractivity contribution < 1.29 is 13.5 Å². The summed E-state index contributed by atoms with van der Waals surface area (Å²) in [4.78, 5) is 0. The van der Waals surface area contributed by atoms with Gasteiger partial charge in [-0.1, -0.05) is 39.0 Å². The molecule has 0 aromatic heterocycles. The minimum atomic E-state index is -0.448. The lowest BCUT2D eigenvalue weighted by Crippen LogP contribution is -2.25. The minimum absolute atomic E-state index is 0.0160. The second-order valence-electron chi connectivity index (χ2n) is 9.13. The Hall–Kier alpha value is -0.960. The summed E-state index contributed by atoms with van der Waals surface area (Å²) in [6.07, 6.45) is 14.4. The molecule has 1 aromatic carbocycles. The van der Waals surface area contributed by atoms with E-state index in [1.165, 1.54) is 57.8 Å². The van der Waals surface area contributed by atoms with E-state index in [1.54, 1.807) is 12.1 Å². The Balaban J connectivity index is 1.50. The maximum absolute atomic E-state index is 14.4. The quantitative estimate of drug-likeness (QED) is 0.439. The van der Waals surface area contributed by atoms with Crippen LogP contribution in [0.5, 0.6) is 0 Å². The van der Waals surface area contributed by atoms with Crippen molar-refractivity contribution in [2.24, 2.45) is 17.8 Å². The first-order valence-electron chi connectivity index (χ1n) is 11.7. The first-order chi connectivity index (χ1) is 13.6. The van der Waals surface area contributed by atoms with Crippen LogP contribution in [-0.4, -0.2) is 6.61 Å². The standard InChI is InChI=1S/C25H38F2O/c1-3-5-6-18-7-9-19(10-8-18)20-11-13-21(14-12-20)22-15-24(26)23(17-28-4-2)25(27)16-22/h15-16,18-21H,3-14,17H2,1-2H3. The molecule has 0 aliphatic heterocycles. The molecule has 0 atom stereocenters. The van der Waals surface area contributed by atoms with Gasteiger partial charge in [-0.2, -0.15) is 0 Å². The van der Waals surface area contributed by atoms with Crippen molar-refractivity contribution in [3.05, 3.63) is 34.9 Å². The summed E-state index contributed by atoms with van der Waals surface area (Å²) >= 11 is 0. The van der Waals surface area contributed by atoms with Gasteiger partial charge in [0, 0.05) is 12.2 Å². The van der Waals surface area contributed by atoms with Crippen LogP contribution in [0, 0.1) is 29.4 Å².